The van der Waals surface area contributed by atoms with E-state index in [2.05, 4.69) is 41.5 Å². The van der Waals surface area contributed by atoms with Gasteiger partial charge in [0.25, 0.3) is 0 Å². The summed E-state index contributed by atoms with van der Waals surface area (Å²) in [5.74, 6) is 0. The van der Waals surface area contributed by atoms with Crippen LogP contribution in [-0.4, -0.2) is 12.0 Å². The number of aromatic nitrogens is 1. The van der Waals surface area contributed by atoms with Crippen molar-refractivity contribution in [1.82, 2.24) is 10.3 Å². The first kappa shape index (κ1) is 9.16. The zero-order valence-electron chi connectivity index (χ0n) is 8.54. The van der Waals surface area contributed by atoms with Crippen LogP contribution in [0.15, 0.2) is 30.5 Å². The summed E-state index contributed by atoms with van der Waals surface area (Å²) in [6, 6.07) is 8.45. The van der Waals surface area contributed by atoms with Gasteiger partial charge in [-0.15, -0.1) is 0 Å². The number of nitrogens with zero attached hydrogens (tertiary/aromatic N) is 1. The average molecular weight is 186 g/mol. The van der Waals surface area contributed by atoms with Crippen molar-refractivity contribution in [3.63, 3.8) is 0 Å². The van der Waals surface area contributed by atoms with Crippen LogP contribution < -0.4 is 5.32 Å². The molecule has 2 rings (SSSR count). The fourth-order valence-corrected chi connectivity index (χ4v) is 1.66. The summed E-state index contributed by atoms with van der Waals surface area (Å²) in [5, 5.41) is 4.34. The minimum absolute atomic E-state index is 0.872. The predicted molar refractivity (Wildman–Crippen MR) is 59.2 cm³/mol. The van der Waals surface area contributed by atoms with E-state index in [1.54, 1.807) is 0 Å². The first-order valence-corrected chi connectivity index (χ1v) is 4.80. The number of pyridine rings is 1. The van der Waals surface area contributed by atoms with Crippen LogP contribution in [0.1, 0.15) is 11.1 Å². The Hall–Kier alpha value is -1.41. The van der Waals surface area contributed by atoms with Crippen LogP contribution in [0.25, 0.3) is 10.9 Å². The Morgan fingerprint density at radius 1 is 1.36 bits per heavy atom. The maximum Gasteiger partial charge on any atom is 0.0731 e. The van der Waals surface area contributed by atoms with Crippen molar-refractivity contribution >= 4 is 10.9 Å². The van der Waals surface area contributed by atoms with Crippen LogP contribution in [0.2, 0.25) is 0 Å². The van der Waals surface area contributed by atoms with Crippen molar-refractivity contribution in [2.24, 2.45) is 0 Å². The molecule has 1 N–H and O–H groups in total. The smallest absolute Gasteiger partial charge is 0.0731 e. The number of aryl methyl sites for hydroxylation is 1. The van der Waals surface area contributed by atoms with Gasteiger partial charge < -0.3 is 5.32 Å². The van der Waals surface area contributed by atoms with Crippen molar-refractivity contribution < 1.29 is 0 Å². The van der Waals surface area contributed by atoms with E-state index in [1.807, 2.05) is 13.2 Å². The van der Waals surface area contributed by atoms with Gasteiger partial charge in [0.05, 0.1) is 5.52 Å². The van der Waals surface area contributed by atoms with E-state index in [0.717, 1.165) is 12.1 Å². The molecule has 1 aromatic carbocycles. The molecule has 0 aliphatic carbocycles. The third-order valence-corrected chi connectivity index (χ3v) is 2.35. The van der Waals surface area contributed by atoms with Crippen molar-refractivity contribution in [1.29, 1.82) is 0 Å². The van der Waals surface area contributed by atoms with E-state index in [0.29, 0.717) is 0 Å². The Labute approximate surface area is 84.0 Å². The van der Waals surface area contributed by atoms with Gasteiger partial charge in [-0.25, -0.2) is 0 Å². The molecule has 0 saturated carbocycles. The van der Waals surface area contributed by atoms with Crippen LogP contribution in [0, 0.1) is 6.92 Å². The second-order valence-electron chi connectivity index (χ2n) is 3.52. The quantitative estimate of drug-likeness (QED) is 0.778. The first-order chi connectivity index (χ1) is 6.81. The monoisotopic (exact) mass is 186 g/mol. The van der Waals surface area contributed by atoms with E-state index in [9.17, 15) is 0 Å². The van der Waals surface area contributed by atoms with E-state index >= 15 is 0 Å². The summed E-state index contributed by atoms with van der Waals surface area (Å²) in [6.45, 7) is 2.96. The highest BCUT2D eigenvalue weighted by Crippen LogP contribution is 2.16. The minimum atomic E-state index is 0.872. The zero-order valence-corrected chi connectivity index (χ0v) is 8.54. The van der Waals surface area contributed by atoms with Gasteiger partial charge in [-0.1, -0.05) is 18.2 Å². The molecule has 14 heavy (non-hydrogen) atoms. The summed E-state index contributed by atoms with van der Waals surface area (Å²) < 4.78 is 0. The maximum absolute atomic E-state index is 4.46. The molecule has 0 aliphatic rings. The lowest BCUT2D eigenvalue weighted by molar-refractivity contribution is 0.815. The van der Waals surface area contributed by atoms with Crippen molar-refractivity contribution in [3.8, 4) is 0 Å². The normalized spacial score (nSPS) is 10.7. The number of fused-ring (bicyclic) bond motifs is 1. The largest absolute Gasteiger partial charge is 0.316 e. The van der Waals surface area contributed by atoms with E-state index in [4.69, 9.17) is 0 Å². The fraction of sp³-hybridized carbons (Fsp3) is 0.250. The summed E-state index contributed by atoms with van der Waals surface area (Å²) in [4.78, 5) is 4.46. The van der Waals surface area contributed by atoms with Gasteiger partial charge in [0, 0.05) is 18.1 Å². The highest BCUT2D eigenvalue weighted by atomic mass is 14.8. The van der Waals surface area contributed by atoms with Crippen LogP contribution in [0.5, 0.6) is 0 Å². The molecule has 0 fully saturated rings. The van der Waals surface area contributed by atoms with Crippen LogP contribution >= 0.6 is 0 Å². The SMILES string of the molecule is CNCc1cnc2c(C)cccc2c1. The molecule has 0 atom stereocenters. The van der Waals surface area contributed by atoms with Gasteiger partial charge in [-0.05, 0) is 31.2 Å². The molecule has 0 amide bonds. The number of benzene rings is 1. The second-order valence-corrected chi connectivity index (χ2v) is 3.52. The third kappa shape index (κ3) is 1.61. The Morgan fingerprint density at radius 3 is 3.00 bits per heavy atom. The maximum atomic E-state index is 4.46. The molecule has 2 heteroatoms. The van der Waals surface area contributed by atoms with Gasteiger partial charge in [-0.2, -0.15) is 0 Å². The Bertz CT molecular complexity index is 449. The number of hydrogen-bond donors (Lipinski definition) is 1. The van der Waals surface area contributed by atoms with Crippen LogP contribution in [-0.2, 0) is 6.54 Å². The highest BCUT2D eigenvalue weighted by Gasteiger charge is 1.98. The Morgan fingerprint density at radius 2 is 2.21 bits per heavy atom. The number of para-hydroxylation sites is 1. The fourth-order valence-electron chi connectivity index (χ4n) is 1.66. The van der Waals surface area contributed by atoms with Crippen LogP contribution in [0.3, 0.4) is 0 Å². The molecule has 2 aromatic rings. The number of rotatable bonds is 2. The van der Waals surface area contributed by atoms with Gasteiger partial charge in [0.2, 0.25) is 0 Å². The van der Waals surface area contributed by atoms with Crippen molar-refractivity contribution in [3.05, 3.63) is 41.6 Å². The molecule has 0 spiro atoms. The molecular weight excluding hydrogens is 172 g/mol. The molecule has 1 heterocycles. The van der Waals surface area contributed by atoms with E-state index in [1.165, 1.54) is 16.5 Å². The molecular formula is C12H14N2. The number of nitrogens with one attached hydrogen (secondary N) is 1. The predicted octanol–water partition coefficient (Wildman–Crippen LogP) is 2.26. The summed E-state index contributed by atoms with van der Waals surface area (Å²) in [5.41, 5.74) is 3.57. The molecule has 0 radical (unpaired) electrons. The molecule has 2 nitrogen and oxygen atoms in total. The first-order valence-electron chi connectivity index (χ1n) is 4.80. The summed E-state index contributed by atoms with van der Waals surface area (Å²) in [7, 11) is 1.94. The van der Waals surface area contributed by atoms with E-state index in [-0.39, 0.29) is 0 Å². The van der Waals surface area contributed by atoms with Gasteiger partial charge in [-0.3, -0.25) is 4.98 Å². The molecule has 0 saturated heterocycles. The molecule has 72 valence electrons. The van der Waals surface area contributed by atoms with E-state index < -0.39 is 0 Å². The number of hydrogen-bond acceptors (Lipinski definition) is 2. The Balaban J connectivity index is 2.56. The standard InChI is InChI=1S/C12H14N2/c1-9-4-3-5-11-6-10(7-13-2)8-14-12(9)11/h3-6,8,13H,7H2,1-2H3. The topological polar surface area (TPSA) is 24.9 Å². The lowest BCUT2D eigenvalue weighted by Gasteiger charge is -2.03. The molecule has 0 unspecified atom stereocenters. The Kier molecular flexibility index (Phi) is 2.46. The molecule has 0 aliphatic heterocycles. The van der Waals surface area contributed by atoms with Crippen molar-refractivity contribution in [2.75, 3.05) is 7.05 Å². The second kappa shape index (κ2) is 3.76. The lowest BCUT2D eigenvalue weighted by atomic mass is 10.1. The summed E-state index contributed by atoms with van der Waals surface area (Å²) >= 11 is 0. The highest BCUT2D eigenvalue weighted by molar-refractivity contribution is 5.81. The van der Waals surface area contributed by atoms with Gasteiger partial charge in [0.15, 0.2) is 0 Å². The van der Waals surface area contributed by atoms with Crippen LogP contribution in [0.4, 0.5) is 0 Å². The lowest BCUT2D eigenvalue weighted by Crippen LogP contribution is -2.05. The zero-order chi connectivity index (χ0) is 9.97. The third-order valence-electron chi connectivity index (χ3n) is 2.35. The van der Waals surface area contributed by atoms with Gasteiger partial charge >= 0.3 is 0 Å². The average Bonchev–Trinajstić information content (AvgIpc) is 2.18. The molecule has 1 aromatic heterocycles. The van der Waals surface area contributed by atoms with Crippen molar-refractivity contribution in [2.45, 2.75) is 13.5 Å². The minimum Gasteiger partial charge on any atom is -0.316 e. The molecule has 0 bridgehead atoms. The summed E-state index contributed by atoms with van der Waals surface area (Å²) in [6.07, 6.45) is 1.94. The van der Waals surface area contributed by atoms with Gasteiger partial charge in [0.1, 0.15) is 0 Å².